The number of carbonyl (C=O) groups is 1. The zero-order chi connectivity index (χ0) is 10.4. The van der Waals surface area contributed by atoms with Crippen molar-refractivity contribution in [2.75, 3.05) is 0 Å². The fraction of sp³-hybridized carbons (Fsp3) is 0.875. The quantitative estimate of drug-likeness (QED) is 0.718. The van der Waals surface area contributed by atoms with Crippen molar-refractivity contribution < 1.29 is 15.0 Å². The molecule has 1 rings (SSSR count). The lowest BCUT2D eigenvalue weighted by molar-refractivity contribution is -0.139. The second-order valence-electron chi connectivity index (χ2n) is 3.99. The molecule has 0 amide bonds. The van der Waals surface area contributed by atoms with Crippen molar-refractivity contribution in [1.29, 1.82) is 0 Å². The van der Waals surface area contributed by atoms with Crippen molar-refractivity contribution >= 4 is 29.2 Å². The number of alkyl halides is 2. The van der Waals surface area contributed by atoms with Gasteiger partial charge in [-0.25, -0.2) is 0 Å². The van der Waals surface area contributed by atoms with Gasteiger partial charge in [0, 0.05) is 5.92 Å². The van der Waals surface area contributed by atoms with Crippen molar-refractivity contribution in [2.45, 2.75) is 24.8 Å². The van der Waals surface area contributed by atoms with E-state index in [-0.39, 0.29) is 5.92 Å². The summed E-state index contributed by atoms with van der Waals surface area (Å²) in [6.07, 6.45) is -0.959. The minimum Gasteiger partial charge on any atom is -0.481 e. The normalized spacial score (nSPS) is 33.1. The summed E-state index contributed by atoms with van der Waals surface area (Å²) in [6, 6.07) is 0. The molecule has 1 fully saturated rings. The third kappa shape index (κ3) is 1.78. The summed E-state index contributed by atoms with van der Waals surface area (Å²) in [5, 5.41) is 18.3. The minimum atomic E-state index is -0.959. The number of rotatable bonds is 3. The van der Waals surface area contributed by atoms with Crippen LogP contribution in [0.4, 0.5) is 0 Å². The molecular formula is C8H12Cl2O3. The summed E-state index contributed by atoms with van der Waals surface area (Å²) in [5.41, 5.74) is -0.409. The van der Waals surface area contributed by atoms with E-state index < -0.39 is 28.2 Å². The van der Waals surface area contributed by atoms with Crippen LogP contribution in [-0.2, 0) is 4.79 Å². The van der Waals surface area contributed by atoms with E-state index in [4.69, 9.17) is 28.3 Å². The molecule has 0 saturated heterocycles. The summed E-state index contributed by atoms with van der Waals surface area (Å²) in [5.74, 6) is -1.78. The molecule has 0 spiro atoms. The summed E-state index contributed by atoms with van der Waals surface area (Å²) < 4.78 is 0. The van der Waals surface area contributed by atoms with Gasteiger partial charge in [0.05, 0.1) is 12.0 Å². The molecular weight excluding hydrogens is 215 g/mol. The number of halogens is 2. The number of hydrogen-bond donors (Lipinski definition) is 2. The van der Waals surface area contributed by atoms with Crippen LogP contribution >= 0.6 is 23.2 Å². The van der Waals surface area contributed by atoms with Crippen LogP contribution in [0, 0.1) is 17.3 Å². The second kappa shape index (κ2) is 3.30. The lowest BCUT2D eigenvalue weighted by atomic mass is 10.1. The fourth-order valence-electron chi connectivity index (χ4n) is 1.94. The molecule has 76 valence electrons. The predicted molar refractivity (Wildman–Crippen MR) is 49.9 cm³/mol. The summed E-state index contributed by atoms with van der Waals surface area (Å²) >= 11 is 11.0. The Morgan fingerprint density at radius 2 is 1.92 bits per heavy atom. The Labute approximate surface area is 86.6 Å². The highest BCUT2D eigenvalue weighted by Crippen LogP contribution is 2.60. The van der Waals surface area contributed by atoms with Crippen LogP contribution in [0.3, 0.4) is 0 Å². The van der Waals surface area contributed by atoms with Crippen molar-refractivity contribution in [2.24, 2.45) is 17.3 Å². The highest BCUT2D eigenvalue weighted by molar-refractivity contribution is 6.44. The van der Waals surface area contributed by atoms with Gasteiger partial charge < -0.3 is 10.2 Å². The third-order valence-electron chi connectivity index (χ3n) is 2.80. The van der Waals surface area contributed by atoms with Gasteiger partial charge in [-0.3, -0.25) is 4.79 Å². The highest BCUT2D eigenvalue weighted by Gasteiger charge is 2.65. The molecule has 0 aromatic rings. The van der Waals surface area contributed by atoms with Crippen LogP contribution in [0.25, 0.3) is 0 Å². The molecule has 3 nitrogen and oxygen atoms in total. The van der Waals surface area contributed by atoms with Gasteiger partial charge >= 0.3 is 5.97 Å². The van der Waals surface area contributed by atoms with E-state index in [2.05, 4.69) is 0 Å². The molecule has 2 N–H and O–H groups in total. The molecule has 0 heterocycles. The van der Waals surface area contributed by atoms with Gasteiger partial charge in [-0.2, -0.15) is 0 Å². The molecule has 0 radical (unpaired) electrons. The molecule has 0 aromatic carbocycles. The number of aliphatic hydroxyl groups is 1. The van der Waals surface area contributed by atoms with E-state index in [0.717, 1.165) is 0 Å². The molecule has 1 saturated carbocycles. The maximum absolute atomic E-state index is 10.7. The smallest absolute Gasteiger partial charge is 0.307 e. The molecule has 0 bridgehead atoms. The van der Waals surface area contributed by atoms with Gasteiger partial charge in [0.1, 0.15) is 4.84 Å². The number of carboxylic acids is 1. The van der Waals surface area contributed by atoms with E-state index in [1.54, 1.807) is 13.8 Å². The van der Waals surface area contributed by atoms with Gasteiger partial charge in [-0.15, -0.1) is 23.2 Å². The topological polar surface area (TPSA) is 57.5 Å². The fourth-order valence-corrected chi connectivity index (χ4v) is 2.26. The van der Waals surface area contributed by atoms with Gasteiger partial charge in [0.25, 0.3) is 0 Å². The number of aliphatic hydroxyl groups excluding tert-OH is 1. The molecule has 5 heteroatoms. The lowest BCUT2D eigenvalue weighted by Gasteiger charge is -2.11. The first-order valence-electron chi connectivity index (χ1n) is 3.99. The Balaban J connectivity index is 2.70. The van der Waals surface area contributed by atoms with Crippen LogP contribution in [0.2, 0.25) is 0 Å². The maximum Gasteiger partial charge on any atom is 0.307 e. The first kappa shape index (κ1) is 11.1. The molecule has 1 aliphatic rings. The van der Waals surface area contributed by atoms with E-state index in [1.165, 1.54) is 0 Å². The Morgan fingerprint density at radius 1 is 1.46 bits per heavy atom. The highest BCUT2D eigenvalue weighted by atomic mass is 35.5. The van der Waals surface area contributed by atoms with Crippen LogP contribution < -0.4 is 0 Å². The van der Waals surface area contributed by atoms with E-state index in [9.17, 15) is 9.90 Å². The van der Waals surface area contributed by atoms with Crippen LogP contribution in [0.5, 0.6) is 0 Å². The average molecular weight is 227 g/mol. The Hall–Kier alpha value is 0.01000. The van der Waals surface area contributed by atoms with Gasteiger partial charge in [0.15, 0.2) is 0 Å². The summed E-state index contributed by atoms with van der Waals surface area (Å²) in [4.78, 5) is 9.79. The molecule has 13 heavy (non-hydrogen) atoms. The zero-order valence-corrected chi connectivity index (χ0v) is 8.88. The Bertz CT molecular complexity index is 227. The summed E-state index contributed by atoms with van der Waals surface area (Å²) in [6.45, 7) is 3.58. The molecule has 0 aromatic heterocycles. The lowest BCUT2D eigenvalue weighted by Crippen LogP contribution is -2.21. The van der Waals surface area contributed by atoms with E-state index in [0.29, 0.717) is 0 Å². The van der Waals surface area contributed by atoms with Crippen LogP contribution in [0.15, 0.2) is 0 Å². The SMILES string of the molecule is CC1(C)[C@H](C(O)C(Cl)Cl)[C@@H]1C(=O)O. The molecule has 3 atom stereocenters. The van der Waals surface area contributed by atoms with Crippen LogP contribution in [0.1, 0.15) is 13.8 Å². The monoisotopic (exact) mass is 226 g/mol. The van der Waals surface area contributed by atoms with Gasteiger partial charge in [-0.05, 0) is 5.41 Å². The third-order valence-corrected chi connectivity index (χ3v) is 3.32. The second-order valence-corrected chi connectivity index (χ2v) is 5.15. The first-order chi connectivity index (χ1) is 5.80. The van der Waals surface area contributed by atoms with Gasteiger partial charge in [-0.1, -0.05) is 13.8 Å². The first-order valence-corrected chi connectivity index (χ1v) is 4.86. The Kier molecular flexibility index (Phi) is 2.81. The minimum absolute atomic E-state index is 0.343. The molecule has 0 aliphatic heterocycles. The predicted octanol–water partition coefficient (Wildman–Crippen LogP) is 1.51. The zero-order valence-electron chi connectivity index (χ0n) is 7.37. The standard InChI is InChI=1S/C8H12Cl2O3/c1-8(2)3(4(8)7(12)13)5(11)6(9)10/h3-6,11H,1-2H3,(H,12,13)/t3-,4+,5?/m0/s1. The molecule has 1 aliphatic carbocycles. The van der Waals surface area contributed by atoms with Crippen molar-refractivity contribution in [1.82, 2.24) is 0 Å². The number of hydrogen-bond acceptors (Lipinski definition) is 2. The Morgan fingerprint density at radius 3 is 2.15 bits per heavy atom. The summed E-state index contributed by atoms with van der Waals surface area (Å²) in [7, 11) is 0. The maximum atomic E-state index is 10.7. The number of aliphatic carboxylic acids is 1. The molecule has 1 unspecified atom stereocenters. The van der Waals surface area contributed by atoms with Crippen molar-refractivity contribution in [3.8, 4) is 0 Å². The number of carboxylic acid groups (broad SMARTS) is 1. The average Bonchev–Trinajstić information content (AvgIpc) is 2.51. The van der Waals surface area contributed by atoms with Crippen molar-refractivity contribution in [3.05, 3.63) is 0 Å². The van der Waals surface area contributed by atoms with Crippen molar-refractivity contribution in [3.63, 3.8) is 0 Å². The largest absolute Gasteiger partial charge is 0.481 e. The van der Waals surface area contributed by atoms with Crippen LogP contribution in [-0.4, -0.2) is 27.1 Å². The van der Waals surface area contributed by atoms with E-state index in [1.807, 2.05) is 0 Å². The van der Waals surface area contributed by atoms with E-state index >= 15 is 0 Å². The van der Waals surface area contributed by atoms with Gasteiger partial charge in [0.2, 0.25) is 0 Å².